The van der Waals surface area contributed by atoms with Crippen LogP contribution in [-0.2, 0) is 0 Å². The van der Waals surface area contributed by atoms with Crippen LogP contribution in [0.5, 0.6) is 0 Å². The molecule has 0 fully saturated rings. The lowest BCUT2D eigenvalue weighted by atomic mass is 10.1. The molecular weight excluding hydrogens is 245 g/mol. The average Bonchev–Trinajstić information content (AvgIpc) is 2.30. The molecule has 1 atom stereocenters. The molecule has 1 aromatic rings. The van der Waals surface area contributed by atoms with Gasteiger partial charge in [0.15, 0.2) is 5.15 Å². The van der Waals surface area contributed by atoms with E-state index in [-0.39, 0.29) is 5.15 Å². The molecule has 3 nitrogen and oxygen atoms in total. The van der Waals surface area contributed by atoms with Crippen LogP contribution in [0.15, 0.2) is 6.20 Å². The van der Waals surface area contributed by atoms with Gasteiger partial charge in [0.25, 0.3) is 0 Å². The zero-order valence-electron chi connectivity index (χ0n) is 9.63. The standard InChI is InChI=1S/C11H17Cl2N3/c1-3-5-6-8(4-2)15-9-7-14-16-11(13)10(9)12/h7-8H,3-6H2,1-2H3,(H,15,16). The first-order valence-corrected chi connectivity index (χ1v) is 6.37. The Bertz CT molecular complexity index is 331. The number of hydrogen-bond acceptors (Lipinski definition) is 3. The summed E-state index contributed by atoms with van der Waals surface area (Å²) in [4.78, 5) is 0. The predicted octanol–water partition coefficient (Wildman–Crippen LogP) is 4.16. The Morgan fingerprint density at radius 2 is 2.12 bits per heavy atom. The largest absolute Gasteiger partial charge is 0.380 e. The quantitative estimate of drug-likeness (QED) is 0.836. The van der Waals surface area contributed by atoms with Crippen LogP contribution in [0, 0.1) is 0 Å². The van der Waals surface area contributed by atoms with Crippen LogP contribution in [0.3, 0.4) is 0 Å². The van der Waals surface area contributed by atoms with Gasteiger partial charge in [-0.3, -0.25) is 0 Å². The minimum absolute atomic E-state index is 0.247. The highest BCUT2D eigenvalue weighted by Crippen LogP contribution is 2.27. The summed E-state index contributed by atoms with van der Waals surface area (Å²) in [7, 11) is 0. The van der Waals surface area contributed by atoms with Crippen LogP contribution < -0.4 is 5.32 Å². The molecular formula is C11H17Cl2N3. The van der Waals surface area contributed by atoms with Gasteiger partial charge < -0.3 is 5.32 Å². The molecule has 0 saturated carbocycles. The van der Waals surface area contributed by atoms with Crippen molar-refractivity contribution in [3.63, 3.8) is 0 Å². The van der Waals surface area contributed by atoms with E-state index < -0.39 is 0 Å². The summed E-state index contributed by atoms with van der Waals surface area (Å²) < 4.78 is 0. The van der Waals surface area contributed by atoms with E-state index in [0.717, 1.165) is 18.5 Å². The van der Waals surface area contributed by atoms with Gasteiger partial charge in [0.1, 0.15) is 5.02 Å². The van der Waals surface area contributed by atoms with E-state index in [1.165, 1.54) is 12.8 Å². The molecule has 0 aliphatic heterocycles. The van der Waals surface area contributed by atoms with Crippen molar-refractivity contribution in [2.45, 2.75) is 45.6 Å². The van der Waals surface area contributed by atoms with Gasteiger partial charge in [0, 0.05) is 6.04 Å². The molecule has 0 amide bonds. The van der Waals surface area contributed by atoms with Crippen LogP contribution in [0.1, 0.15) is 39.5 Å². The second kappa shape index (κ2) is 6.92. The molecule has 0 radical (unpaired) electrons. The minimum atomic E-state index is 0.247. The van der Waals surface area contributed by atoms with Crippen molar-refractivity contribution in [2.24, 2.45) is 0 Å². The van der Waals surface area contributed by atoms with Crippen LogP contribution >= 0.6 is 23.2 Å². The van der Waals surface area contributed by atoms with Gasteiger partial charge in [-0.05, 0) is 12.8 Å². The van der Waals surface area contributed by atoms with E-state index in [4.69, 9.17) is 23.2 Å². The van der Waals surface area contributed by atoms with E-state index in [1.807, 2.05) is 0 Å². The number of nitrogens with one attached hydrogen (secondary N) is 1. The van der Waals surface area contributed by atoms with Gasteiger partial charge in [-0.2, -0.15) is 5.10 Å². The smallest absolute Gasteiger partial charge is 0.172 e. The highest BCUT2D eigenvalue weighted by atomic mass is 35.5. The number of aromatic nitrogens is 2. The van der Waals surface area contributed by atoms with Gasteiger partial charge in [0.2, 0.25) is 0 Å². The molecule has 1 aromatic heterocycles. The van der Waals surface area contributed by atoms with Crippen molar-refractivity contribution in [2.75, 3.05) is 5.32 Å². The maximum atomic E-state index is 6.03. The number of unbranched alkanes of at least 4 members (excludes halogenated alkanes) is 1. The lowest BCUT2D eigenvalue weighted by Crippen LogP contribution is -2.18. The van der Waals surface area contributed by atoms with Gasteiger partial charge in [0.05, 0.1) is 11.9 Å². The molecule has 0 aromatic carbocycles. The fourth-order valence-corrected chi connectivity index (χ4v) is 1.78. The van der Waals surface area contributed by atoms with Gasteiger partial charge in [-0.15, -0.1) is 5.10 Å². The summed E-state index contributed by atoms with van der Waals surface area (Å²) in [5.74, 6) is 0. The van der Waals surface area contributed by atoms with E-state index in [2.05, 4.69) is 29.4 Å². The van der Waals surface area contributed by atoms with Crippen molar-refractivity contribution in [3.8, 4) is 0 Å². The topological polar surface area (TPSA) is 37.8 Å². The second-order valence-electron chi connectivity index (χ2n) is 3.75. The van der Waals surface area contributed by atoms with Crippen LogP contribution in [0.25, 0.3) is 0 Å². The Kier molecular flexibility index (Phi) is 5.85. The Balaban J connectivity index is 2.66. The molecule has 0 spiro atoms. The van der Waals surface area contributed by atoms with Crippen molar-refractivity contribution < 1.29 is 0 Å². The highest BCUT2D eigenvalue weighted by Gasteiger charge is 2.11. The molecule has 5 heteroatoms. The fraction of sp³-hybridized carbons (Fsp3) is 0.636. The molecule has 0 saturated heterocycles. The third-order valence-corrected chi connectivity index (χ3v) is 3.25. The Morgan fingerprint density at radius 1 is 1.38 bits per heavy atom. The van der Waals surface area contributed by atoms with Crippen molar-refractivity contribution in [3.05, 3.63) is 16.4 Å². The van der Waals surface area contributed by atoms with Crippen molar-refractivity contribution >= 4 is 28.9 Å². The van der Waals surface area contributed by atoms with Crippen LogP contribution in [-0.4, -0.2) is 16.2 Å². The zero-order chi connectivity index (χ0) is 12.0. The summed E-state index contributed by atoms with van der Waals surface area (Å²) in [6.07, 6.45) is 6.19. The Hall–Kier alpha value is -0.540. The molecule has 1 rings (SSSR count). The summed E-state index contributed by atoms with van der Waals surface area (Å²) >= 11 is 11.8. The van der Waals surface area contributed by atoms with Crippen LogP contribution in [0.4, 0.5) is 5.69 Å². The second-order valence-corrected chi connectivity index (χ2v) is 4.49. The summed E-state index contributed by atoms with van der Waals surface area (Å²) in [6, 6.07) is 0.415. The van der Waals surface area contributed by atoms with E-state index in [9.17, 15) is 0 Å². The molecule has 0 bridgehead atoms. The molecule has 1 unspecified atom stereocenters. The lowest BCUT2D eigenvalue weighted by molar-refractivity contribution is 0.593. The molecule has 16 heavy (non-hydrogen) atoms. The molecule has 1 heterocycles. The van der Waals surface area contributed by atoms with Crippen LogP contribution in [0.2, 0.25) is 10.2 Å². The summed E-state index contributed by atoms with van der Waals surface area (Å²) in [6.45, 7) is 4.34. The first-order valence-electron chi connectivity index (χ1n) is 5.62. The highest BCUT2D eigenvalue weighted by molar-refractivity contribution is 6.42. The molecule has 1 N–H and O–H groups in total. The number of nitrogens with zero attached hydrogens (tertiary/aromatic N) is 2. The van der Waals surface area contributed by atoms with Gasteiger partial charge in [-0.25, -0.2) is 0 Å². The lowest BCUT2D eigenvalue weighted by Gasteiger charge is -2.18. The Labute approximate surface area is 107 Å². The minimum Gasteiger partial charge on any atom is -0.380 e. The summed E-state index contributed by atoms with van der Waals surface area (Å²) in [5, 5.41) is 11.5. The maximum absolute atomic E-state index is 6.03. The average molecular weight is 262 g/mol. The van der Waals surface area contributed by atoms with Gasteiger partial charge >= 0.3 is 0 Å². The predicted molar refractivity (Wildman–Crippen MR) is 69.3 cm³/mol. The molecule has 0 aliphatic carbocycles. The van der Waals surface area contributed by atoms with Gasteiger partial charge in [-0.1, -0.05) is 49.9 Å². The fourth-order valence-electron chi connectivity index (χ4n) is 1.50. The third-order valence-electron chi connectivity index (χ3n) is 2.51. The number of halogens is 2. The molecule has 90 valence electrons. The summed E-state index contributed by atoms with van der Waals surface area (Å²) in [5.41, 5.74) is 0.768. The number of hydrogen-bond donors (Lipinski definition) is 1. The first kappa shape index (κ1) is 13.5. The Morgan fingerprint density at radius 3 is 2.75 bits per heavy atom. The maximum Gasteiger partial charge on any atom is 0.172 e. The first-order chi connectivity index (χ1) is 7.69. The van der Waals surface area contributed by atoms with E-state index >= 15 is 0 Å². The normalized spacial score (nSPS) is 12.5. The zero-order valence-corrected chi connectivity index (χ0v) is 11.1. The van der Waals surface area contributed by atoms with E-state index in [0.29, 0.717) is 11.1 Å². The monoisotopic (exact) mass is 261 g/mol. The number of rotatable bonds is 6. The van der Waals surface area contributed by atoms with Crippen molar-refractivity contribution in [1.29, 1.82) is 0 Å². The van der Waals surface area contributed by atoms with Crippen molar-refractivity contribution in [1.82, 2.24) is 10.2 Å². The number of anilines is 1. The molecule has 0 aliphatic rings. The SMILES string of the molecule is CCCCC(CC)Nc1cnnc(Cl)c1Cl. The third kappa shape index (κ3) is 3.80. The van der Waals surface area contributed by atoms with E-state index in [1.54, 1.807) is 6.20 Å².